The van der Waals surface area contributed by atoms with Gasteiger partial charge in [-0.3, -0.25) is 0 Å². The van der Waals surface area contributed by atoms with Crippen LogP contribution in [0.25, 0.3) is 16.9 Å². The van der Waals surface area contributed by atoms with Gasteiger partial charge in [-0.05, 0) is 49.2 Å². The Morgan fingerprint density at radius 3 is 2.50 bits per heavy atom. The third-order valence-electron chi connectivity index (χ3n) is 2.93. The summed E-state index contributed by atoms with van der Waals surface area (Å²) in [5.74, 6) is 0.755. The first-order chi connectivity index (χ1) is 8.65. The van der Waals surface area contributed by atoms with E-state index in [1.165, 1.54) is 0 Å². The van der Waals surface area contributed by atoms with Crippen LogP contribution in [0.15, 0.2) is 30.6 Å². The summed E-state index contributed by atoms with van der Waals surface area (Å²) in [5, 5.41) is 1.11. The van der Waals surface area contributed by atoms with E-state index in [1.807, 2.05) is 49.0 Å². The van der Waals surface area contributed by atoms with Crippen molar-refractivity contribution in [1.29, 1.82) is 0 Å². The molecule has 3 rings (SSSR count). The van der Waals surface area contributed by atoms with Crippen molar-refractivity contribution in [3.8, 4) is 5.82 Å². The molecule has 0 saturated carbocycles. The van der Waals surface area contributed by atoms with Crippen LogP contribution >= 0.6 is 11.6 Å². The Hall–Kier alpha value is -1.94. The number of pyridine rings is 1. The highest BCUT2D eigenvalue weighted by molar-refractivity contribution is 6.28. The Morgan fingerprint density at radius 1 is 1.06 bits per heavy atom. The van der Waals surface area contributed by atoms with Crippen molar-refractivity contribution in [1.82, 2.24) is 19.5 Å². The standard InChI is InChI=1S/C13H11ClN4/c1-8-7-10-11(15-9(8)2)16-13(14)17-12(10)18-5-3-4-6-18/h3-7H,1-2H3. The van der Waals surface area contributed by atoms with Crippen molar-refractivity contribution in [2.45, 2.75) is 13.8 Å². The highest BCUT2D eigenvalue weighted by Crippen LogP contribution is 2.22. The van der Waals surface area contributed by atoms with Crippen LogP contribution in [-0.4, -0.2) is 19.5 Å². The van der Waals surface area contributed by atoms with E-state index in [0.717, 1.165) is 22.5 Å². The van der Waals surface area contributed by atoms with Crippen LogP contribution in [0.4, 0.5) is 0 Å². The summed E-state index contributed by atoms with van der Waals surface area (Å²) in [5.41, 5.74) is 2.69. The summed E-state index contributed by atoms with van der Waals surface area (Å²) in [7, 11) is 0. The van der Waals surface area contributed by atoms with Crippen LogP contribution in [0.1, 0.15) is 11.3 Å². The highest BCUT2D eigenvalue weighted by atomic mass is 35.5. The Kier molecular flexibility index (Phi) is 2.52. The SMILES string of the molecule is Cc1cc2c(-n3cccc3)nc(Cl)nc2nc1C. The lowest BCUT2D eigenvalue weighted by atomic mass is 10.2. The second-order valence-corrected chi connectivity index (χ2v) is 4.51. The Morgan fingerprint density at radius 2 is 1.78 bits per heavy atom. The van der Waals surface area contributed by atoms with Gasteiger partial charge in [-0.2, -0.15) is 9.97 Å². The third-order valence-corrected chi connectivity index (χ3v) is 3.10. The van der Waals surface area contributed by atoms with Gasteiger partial charge in [-0.25, -0.2) is 4.98 Å². The Bertz CT molecular complexity index is 719. The molecular weight excluding hydrogens is 248 g/mol. The van der Waals surface area contributed by atoms with Gasteiger partial charge in [0.25, 0.3) is 0 Å². The molecule has 0 bridgehead atoms. The molecule has 4 nitrogen and oxygen atoms in total. The summed E-state index contributed by atoms with van der Waals surface area (Å²) >= 11 is 5.96. The maximum absolute atomic E-state index is 5.96. The minimum atomic E-state index is 0.210. The van der Waals surface area contributed by atoms with Crippen molar-refractivity contribution in [2.75, 3.05) is 0 Å². The first-order valence-corrected chi connectivity index (χ1v) is 5.98. The fourth-order valence-electron chi connectivity index (χ4n) is 1.88. The number of rotatable bonds is 1. The third kappa shape index (κ3) is 1.75. The molecule has 0 amide bonds. The summed E-state index contributed by atoms with van der Waals surface area (Å²) in [6.45, 7) is 3.98. The second-order valence-electron chi connectivity index (χ2n) is 4.17. The zero-order chi connectivity index (χ0) is 12.7. The molecule has 0 atom stereocenters. The highest BCUT2D eigenvalue weighted by Gasteiger charge is 2.10. The van der Waals surface area contributed by atoms with Crippen LogP contribution in [0, 0.1) is 13.8 Å². The predicted molar refractivity (Wildman–Crippen MR) is 71.1 cm³/mol. The average molecular weight is 259 g/mol. The van der Waals surface area contributed by atoms with Gasteiger partial charge in [0, 0.05) is 18.1 Å². The van der Waals surface area contributed by atoms with E-state index in [2.05, 4.69) is 15.0 Å². The number of halogens is 1. The van der Waals surface area contributed by atoms with Crippen molar-refractivity contribution in [2.24, 2.45) is 0 Å². The average Bonchev–Trinajstić information content (AvgIpc) is 2.84. The molecular formula is C13H11ClN4. The normalized spacial score (nSPS) is 11.1. The molecule has 0 radical (unpaired) electrons. The molecule has 0 aliphatic heterocycles. The van der Waals surface area contributed by atoms with Crippen molar-refractivity contribution >= 4 is 22.6 Å². The molecule has 3 aromatic rings. The lowest BCUT2D eigenvalue weighted by molar-refractivity contribution is 0.997. The molecule has 0 unspecified atom stereocenters. The van der Waals surface area contributed by atoms with E-state index in [9.17, 15) is 0 Å². The molecule has 0 aromatic carbocycles. The van der Waals surface area contributed by atoms with Crippen molar-refractivity contribution < 1.29 is 0 Å². The molecule has 0 aliphatic rings. The van der Waals surface area contributed by atoms with Gasteiger partial charge < -0.3 is 4.57 Å². The topological polar surface area (TPSA) is 43.6 Å². The molecule has 18 heavy (non-hydrogen) atoms. The second kappa shape index (κ2) is 4.07. The first kappa shape index (κ1) is 11.2. The van der Waals surface area contributed by atoms with Crippen LogP contribution in [0.2, 0.25) is 5.28 Å². The molecule has 0 saturated heterocycles. The van der Waals surface area contributed by atoms with Gasteiger partial charge in [0.05, 0.1) is 5.39 Å². The number of nitrogens with zero attached hydrogens (tertiary/aromatic N) is 4. The van der Waals surface area contributed by atoms with E-state index in [1.54, 1.807) is 0 Å². The van der Waals surface area contributed by atoms with E-state index in [-0.39, 0.29) is 5.28 Å². The van der Waals surface area contributed by atoms with E-state index >= 15 is 0 Å². The van der Waals surface area contributed by atoms with E-state index in [0.29, 0.717) is 5.65 Å². The monoisotopic (exact) mass is 258 g/mol. The number of hydrogen-bond acceptors (Lipinski definition) is 3. The van der Waals surface area contributed by atoms with Gasteiger partial charge in [0.15, 0.2) is 11.5 Å². The van der Waals surface area contributed by atoms with Gasteiger partial charge in [0.1, 0.15) is 0 Å². The quantitative estimate of drug-likeness (QED) is 0.630. The molecule has 0 fully saturated rings. The lowest BCUT2D eigenvalue weighted by Crippen LogP contribution is -2.01. The minimum Gasteiger partial charge on any atom is -0.308 e. The maximum Gasteiger partial charge on any atom is 0.226 e. The van der Waals surface area contributed by atoms with E-state index in [4.69, 9.17) is 11.6 Å². The molecule has 3 heterocycles. The Labute approximate surface area is 109 Å². The molecule has 90 valence electrons. The number of aromatic nitrogens is 4. The first-order valence-electron chi connectivity index (χ1n) is 5.60. The summed E-state index contributed by atoms with van der Waals surface area (Å²) < 4.78 is 1.91. The summed E-state index contributed by atoms with van der Waals surface area (Å²) in [6.07, 6.45) is 3.85. The number of hydrogen-bond donors (Lipinski definition) is 0. The summed E-state index contributed by atoms with van der Waals surface area (Å²) in [4.78, 5) is 12.9. The molecule has 5 heteroatoms. The zero-order valence-corrected chi connectivity index (χ0v) is 10.8. The van der Waals surface area contributed by atoms with Crippen LogP contribution in [0.3, 0.4) is 0 Å². The summed E-state index contributed by atoms with van der Waals surface area (Å²) in [6, 6.07) is 5.93. The van der Waals surface area contributed by atoms with Gasteiger partial charge >= 0.3 is 0 Å². The van der Waals surface area contributed by atoms with E-state index < -0.39 is 0 Å². The zero-order valence-electron chi connectivity index (χ0n) is 10.1. The fourth-order valence-corrected chi connectivity index (χ4v) is 2.04. The molecule has 3 aromatic heterocycles. The van der Waals surface area contributed by atoms with Crippen LogP contribution < -0.4 is 0 Å². The predicted octanol–water partition coefficient (Wildman–Crippen LogP) is 3.09. The fraction of sp³-hybridized carbons (Fsp3) is 0.154. The maximum atomic E-state index is 5.96. The van der Waals surface area contributed by atoms with Crippen LogP contribution in [0.5, 0.6) is 0 Å². The van der Waals surface area contributed by atoms with Crippen LogP contribution in [-0.2, 0) is 0 Å². The Balaban J connectivity index is 2.40. The number of aryl methyl sites for hydroxylation is 2. The van der Waals surface area contributed by atoms with Gasteiger partial charge in [-0.15, -0.1) is 0 Å². The van der Waals surface area contributed by atoms with Crippen molar-refractivity contribution in [3.05, 3.63) is 47.1 Å². The molecule has 0 aliphatic carbocycles. The van der Waals surface area contributed by atoms with Gasteiger partial charge in [0.2, 0.25) is 5.28 Å². The smallest absolute Gasteiger partial charge is 0.226 e. The largest absolute Gasteiger partial charge is 0.308 e. The minimum absolute atomic E-state index is 0.210. The molecule has 0 N–H and O–H groups in total. The van der Waals surface area contributed by atoms with Gasteiger partial charge in [-0.1, -0.05) is 0 Å². The lowest BCUT2D eigenvalue weighted by Gasteiger charge is -2.08. The number of fused-ring (bicyclic) bond motifs is 1. The van der Waals surface area contributed by atoms with Crippen molar-refractivity contribution in [3.63, 3.8) is 0 Å². The molecule has 0 spiro atoms.